The maximum atomic E-state index is 11.2. The van der Waals surface area contributed by atoms with Crippen LogP contribution in [0, 0.1) is 10.8 Å². The van der Waals surface area contributed by atoms with Crippen LogP contribution >= 0.6 is 0 Å². The van der Waals surface area contributed by atoms with Gasteiger partial charge in [-0.05, 0) is 16.9 Å². The van der Waals surface area contributed by atoms with E-state index in [9.17, 15) is 4.79 Å². The van der Waals surface area contributed by atoms with E-state index >= 15 is 0 Å². The van der Waals surface area contributed by atoms with E-state index in [4.69, 9.17) is 0 Å². The molecule has 0 spiro atoms. The van der Waals surface area contributed by atoms with Crippen molar-refractivity contribution in [2.24, 2.45) is 10.8 Å². The molecule has 0 saturated heterocycles. The van der Waals surface area contributed by atoms with Crippen molar-refractivity contribution in [2.45, 2.75) is 41.0 Å². The molecular formula is C11H20O. The van der Waals surface area contributed by atoms with Gasteiger partial charge in [0.05, 0.1) is 0 Å². The largest absolute Gasteiger partial charge is 0.295 e. The molecule has 0 aliphatic heterocycles. The Labute approximate surface area is 75.9 Å². The molecule has 0 fully saturated rings. The van der Waals surface area contributed by atoms with Gasteiger partial charge in [-0.2, -0.15) is 0 Å². The Morgan fingerprint density at radius 3 is 1.92 bits per heavy atom. The van der Waals surface area contributed by atoms with Gasteiger partial charge >= 0.3 is 0 Å². The summed E-state index contributed by atoms with van der Waals surface area (Å²) in [4.78, 5) is 11.2. The molecule has 1 nitrogen and oxygen atoms in total. The average Bonchev–Trinajstić information content (AvgIpc) is 1.84. The van der Waals surface area contributed by atoms with Gasteiger partial charge in [-0.25, -0.2) is 0 Å². The summed E-state index contributed by atoms with van der Waals surface area (Å²) in [7, 11) is 0. The molecule has 0 aliphatic rings. The normalized spacial score (nSPS) is 12.8. The molecule has 0 radical (unpaired) electrons. The Balaban J connectivity index is 4.43. The minimum Gasteiger partial charge on any atom is -0.295 e. The van der Waals surface area contributed by atoms with E-state index in [1.54, 1.807) is 0 Å². The average molecular weight is 168 g/mol. The standard InChI is InChI=1S/C11H20O/c1-7-9(12)8-11(5,6)10(2,3)4/h7H,1,8H2,2-6H3. The molecule has 0 unspecified atom stereocenters. The van der Waals surface area contributed by atoms with Crippen molar-refractivity contribution in [3.63, 3.8) is 0 Å². The molecule has 0 amide bonds. The van der Waals surface area contributed by atoms with E-state index in [0.29, 0.717) is 6.42 Å². The summed E-state index contributed by atoms with van der Waals surface area (Å²) in [6, 6.07) is 0. The number of allylic oxidation sites excluding steroid dienone is 1. The first kappa shape index (κ1) is 11.4. The van der Waals surface area contributed by atoms with Gasteiger partial charge < -0.3 is 0 Å². The van der Waals surface area contributed by atoms with Crippen molar-refractivity contribution in [2.75, 3.05) is 0 Å². The van der Waals surface area contributed by atoms with Crippen LogP contribution in [-0.2, 0) is 4.79 Å². The molecule has 12 heavy (non-hydrogen) atoms. The van der Waals surface area contributed by atoms with Crippen LogP contribution in [0.25, 0.3) is 0 Å². The van der Waals surface area contributed by atoms with E-state index in [0.717, 1.165) is 0 Å². The second-order valence-electron chi connectivity index (χ2n) is 4.98. The monoisotopic (exact) mass is 168 g/mol. The summed E-state index contributed by atoms with van der Waals surface area (Å²) in [6.45, 7) is 14.2. The number of rotatable bonds is 3. The number of carbonyl (C=O) groups excluding carboxylic acids is 1. The van der Waals surface area contributed by atoms with Gasteiger partial charge in [0.1, 0.15) is 0 Å². The number of ketones is 1. The maximum Gasteiger partial charge on any atom is 0.155 e. The molecule has 0 aromatic heterocycles. The lowest BCUT2D eigenvalue weighted by Gasteiger charge is -2.38. The van der Waals surface area contributed by atoms with Crippen molar-refractivity contribution in [3.8, 4) is 0 Å². The van der Waals surface area contributed by atoms with Gasteiger partial charge in [0.25, 0.3) is 0 Å². The lowest BCUT2D eigenvalue weighted by Crippen LogP contribution is -2.31. The predicted octanol–water partition coefficient (Wildman–Crippen LogP) is 3.20. The first-order chi connectivity index (χ1) is 5.20. The first-order valence-corrected chi connectivity index (χ1v) is 4.36. The summed E-state index contributed by atoms with van der Waals surface area (Å²) >= 11 is 0. The summed E-state index contributed by atoms with van der Waals surface area (Å²) in [5, 5.41) is 0. The van der Waals surface area contributed by atoms with Crippen LogP contribution in [0.5, 0.6) is 0 Å². The number of hydrogen-bond acceptors (Lipinski definition) is 1. The van der Waals surface area contributed by atoms with Crippen LogP contribution < -0.4 is 0 Å². The molecule has 0 rings (SSSR count). The van der Waals surface area contributed by atoms with E-state index < -0.39 is 0 Å². The molecule has 0 aliphatic carbocycles. The highest BCUT2D eigenvalue weighted by atomic mass is 16.1. The Kier molecular flexibility index (Phi) is 3.25. The zero-order valence-electron chi connectivity index (χ0n) is 8.90. The summed E-state index contributed by atoms with van der Waals surface area (Å²) in [6.07, 6.45) is 1.99. The smallest absolute Gasteiger partial charge is 0.155 e. The molecule has 0 bridgehead atoms. The van der Waals surface area contributed by atoms with Crippen molar-refractivity contribution in [1.82, 2.24) is 0 Å². The van der Waals surface area contributed by atoms with Gasteiger partial charge in [0.15, 0.2) is 5.78 Å². The van der Waals surface area contributed by atoms with Gasteiger partial charge in [0, 0.05) is 6.42 Å². The van der Waals surface area contributed by atoms with Gasteiger partial charge in [-0.3, -0.25) is 4.79 Å². The third-order valence-corrected chi connectivity index (χ3v) is 2.87. The third-order valence-electron chi connectivity index (χ3n) is 2.87. The number of carbonyl (C=O) groups is 1. The molecule has 0 aromatic carbocycles. The van der Waals surface area contributed by atoms with Crippen molar-refractivity contribution in [1.29, 1.82) is 0 Å². The van der Waals surface area contributed by atoms with Crippen molar-refractivity contribution >= 4 is 5.78 Å². The van der Waals surface area contributed by atoms with E-state index in [1.165, 1.54) is 6.08 Å². The lowest BCUT2D eigenvalue weighted by atomic mass is 9.67. The Morgan fingerprint density at radius 2 is 1.67 bits per heavy atom. The minimum atomic E-state index is 0.0400. The van der Waals surface area contributed by atoms with Crippen LogP contribution in [0.3, 0.4) is 0 Å². The molecule has 0 N–H and O–H groups in total. The Hall–Kier alpha value is -0.590. The van der Waals surface area contributed by atoms with Gasteiger partial charge in [-0.1, -0.05) is 41.2 Å². The first-order valence-electron chi connectivity index (χ1n) is 4.36. The minimum absolute atomic E-state index is 0.0400. The summed E-state index contributed by atoms with van der Waals surface area (Å²) in [5.74, 6) is 0.134. The highest BCUT2D eigenvalue weighted by Crippen LogP contribution is 2.40. The summed E-state index contributed by atoms with van der Waals surface area (Å²) < 4.78 is 0. The fourth-order valence-corrected chi connectivity index (χ4v) is 0.773. The lowest BCUT2D eigenvalue weighted by molar-refractivity contribution is -0.117. The van der Waals surface area contributed by atoms with Crippen LogP contribution in [0.4, 0.5) is 0 Å². The van der Waals surface area contributed by atoms with Crippen molar-refractivity contribution < 1.29 is 4.79 Å². The Morgan fingerprint density at radius 1 is 1.25 bits per heavy atom. The predicted molar refractivity (Wildman–Crippen MR) is 53.1 cm³/mol. The van der Waals surface area contributed by atoms with Crippen LogP contribution in [0.1, 0.15) is 41.0 Å². The molecule has 1 heteroatoms. The molecule has 0 atom stereocenters. The van der Waals surface area contributed by atoms with Crippen LogP contribution in [-0.4, -0.2) is 5.78 Å². The van der Waals surface area contributed by atoms with Crippen molar-refractivity contribution in [3.05, 3.63) is 12.7 Å². The highest BCUT2D eigenvalue weighted by Gasteiger charge is 2.33. The molecule has 70 valence electrons. The zero-order chi connectivity index (χ0) is 9.99. The highest BCUT2D eigenvalue weighted by molar-refractivity contribution is 5.89. The van der Waals surface area contributed by atoms with E-state index in [-0.39, 0.29) is 16.6 Å². The quantitative estimate of drug-likeness (QED) is 0.591. The van der Waals surface area contributed by atoms with Gasteiger partial charge in [-0.15, -0.1) is 0 Å². The molecule has 0 aromatic rings. The second-order valence-corrected chi connectivity index (χ2v) is 4.98. The second kappa shape index (κ2) is 3.42. The third kappa shape index (κ3) is 2.80. The fraction of sp³-hybridized carbons (Fsp3) is 0.727. The SMILES string of the molecule is C=CC(=O)CC(C)(C)C(C)(C)C. The topological polar surface area (TPSA) is 17.1 Å². The van der Waals surface area contributed by atoms with Crippen LogP contribution in [0.15, 0.2) is 12.7 Å². The molecular weight excluding hydrogens is 148 g/mol. The summed E-state index contributed by atoms with van der Waals surface area (Å²) in [5.41, 5.74) is 0.198. The molecule has 0 saturated carbocycles. The number of hydrogen-bond donors (Lipinski definition) is 0. The van der Waals surface area contributed by atoms with E-state index in [2.05, 4.69) is 41.2 Å². The van der Waals surface area contributed by atoms with E-state index in [1.807, 2.05) is 0 Å². The molecule has 0 heterocycles. The zero-order valence-corrected chi connectivity index (χ0v) is 8.90. The fourth-order valence-electron chi connectivity index (χ4n) is 0.773. The Bertz CT molecular complexity index is 182. The van der Waals surface area contributed by atoms with Gasteiger partial charge in [0.2, 0.25) is 0 Å². The van der Waals surface area contributed by atoms with Crippen LogP contribution in [0.2, 0.25) is 0 Å². The maximum absolute atomic E-state index is 11.2.